The molecule has 1 fully saturated rings. The van der Waals surface area contributed by atoms with Crippen LogP contribution in [0.1, 0.15) is 55.8 Å². The van der Waals surface area contributed by atoms with E-state index in [-0.39, 0.29) is 12.1 Å². The van der Waals surface area contributed by atoms with Crippen molar-refractivity contribution in [3.63, 3.8) is 0 Å². The molecule has 0 saturated heterocycles. The van der Waals surface area contributed by atoms with Crippen molar-refractivity contribution in [2.45, 2.75) is 59.0 Å². The number of nitrogens with one attached hydrogen (secondary N) is 2. The molecule has 1 aromatic rings. The number of amides is 2. The second-order valence-electron chi connectivity index (χ2n) is 6.14. The zero-order valence-electron chi connectivity index (χ0n) is 13.0. The zero-order valence-corrected chi connectivity index (χ0v) is 13.0. The average Bonchev–Trinajstić information content (AvgIpc) is 2.78. The first-order chi connectivity index (χ1) is 9.49. The van der Waals surface area contributed by atoms with Crippen LogP contribution in [0.4, 0.5) is 4.79 Å². The van der Waals surface area contributed by atoms with Gasteiger partial charge in [-0.2, -0.15) is 0 Å². The smallest absolute Gasteiger partial charge is 0.315 e. The molecule has 1 saturated carbocycles. The topological polar surface area (TPSA) is 41.1 Å². The lowest BCUT2D eigenvalue weighted by atomic mass is 9.98. The number of aryl methyl sites for hydroxylation is 1. The molecule has 0 bridgehead atoms. The zero-order chi connectivity index (χ0) is 14.7. The van der Waals surface area contributed by atoms with Crippen LogP contribution in [0.5, 0.6) is 0 Å². The minimum Gasteiger partial charge on any atom is -0.335 e. The van der Waals surface area contributed by atoms with Crippen LogP contribution < -0.4 is 10.6 Å². The van der Waals surface area contributed by atoms with Crippen LogP contribution in [0.25, 0.3) is 0 Å². The molecule has 3 nitrogen and oxygen atoms in total. The van der Waals surface area contributed by atoms with Gasteiger partial charge in [0.15, 0.2) is 0 Å². The maximum absolute atomic E-state index is 12.1. The second-order valence-corrected chi connectivity index (χ2v) is 6.14. The van der Waals surface area contributed by atoms with Gasteiger partial charge in [0.05, 0.1) is 6.04 Å². The quantitative estimate of drug-likeness (QED) is 0.863. The van der Waals surface area contributed by atoms with Crippen molar-refractivity contribution < 1.29 is 4.79 Å². The Balaban J connectivity index is 1.95. The predicted molar refractivity (Wildman–Crippen MR) is 82.8 cm³/mol. The van der Waals surface area contributed by atoms with Crippen LogP contribution in [0.15, 0.2) is 18.2 Å². The first-order valence-electron chi connectivity index (χ1n) is 7.62. The van der Waals surface area contributed by atoms with Crippen LogP contribution in [0, 0.1) is 19.8 Å². The molecule has 1 aromatic carbocycles. The van der Waals surface area contributed by atoms with E-state index in [2.05, 4.69) is 43.5 Å². The Morgan fingerprint density at radius 1 is 1.30 bits per heavy atom. The number of benzene rings is 1. The Hall–Kier alpha value is -1.51. The summed E-state index contributed by atoms with van der Waals surface area (Å²) in [7, 11) is 0. The van der Waals surface area contributed by atoms with Gasteiger partial charge in [0.2, 0.25) is 0 Å². The summed E-state index contributed by atoms with van der Waals surface area (Å²) in [6, 6.07) is 6.56. The Bertz CT molecular complexity index is 484. The second kappa shape index (κ2) is 6.29. The van der Waals surface area contributed by atoms with E-state index in [9.17, 15) is 4.79 Å². The summed E-state index contributed by atoms with van der Waals surface area (Å²) in [6.07, 6.45) is 3.54. The fraction of sp³-hybridized carbons (Fsp3) is 0.588. The minimum absolute atomic E-state index is 0.0339. The van der Waals surface area contributed by atoms with E-state index in [1.807, 2.05) is 13.0 Å². The Morgan fingerprint density at radius 2 is 2.05 bits per heavy atom. The molecule has 0 spiro atoms. The number of rotatable bonds is 3. The number of hydrogen-bond acceptors (Lipinski definition) is 1. The number of carbonyl (C=O) groups excluding carboxylic acids is 1. The standard InChI is InChI=1S/C17H26N2O/c1-11-7-5-9-15(13(11)3)14(4)18-17(20)19-16-10-6-8-12(16)2/h5,7,9,12,14,16H,6,8,10H2,1-4H3,(H2,18,19,20). The van der Waals surface area contributed by atoms with Crippen molar-refractivity contribution in [3.05, 3.63) is 34.9 Å². The molecule has 2 rings (SSSR count). The summed E-state index contributed by atoms with van der Waals surface area (Å²) in [5.74, 6) is 0.594. The molecule has 0 aliphatic heterocycles. The number of carbonyl (C=O) groups is 1. The van der Waals surface area contributed by atoms with Gasteiger partial charge in [-0.05, 0) is 56.2 Å². The molecule has 0 aromatic heterocycles. The first-order valence-corrected chi connectivity index (χ1v) is 7.62. The van der Waals surface area contributed by atoms with Crippen LogP contribution in [-0.4, -0.2) is 12.1 Å². The number of urea groups is 1. The van der Waals surface area contributed by atoms with E-state index < -0.39 is 0 Å². The summed E-state index contributed by atoms with van der Waals surface area (Å²) in [5.41, 5.74) is 3.72. The molecule has 2 N–H and O–H groups in total. The van der Waals surface area contributed by atoms with Crippen molar-refractivity contribution in [1.82, 2.24) is 10.6 Å². The van der Waals surface area contributed by atoms with Gasteiger partial charge in [-0.1, -0.05) is 31.5 Å². The minimum atomic E-state index is -0.0443. The van der Waals surface area contributed by atoms with Crippen molar-refractivity contribution in [1.29, 1.82) is 0 Å². The van der Waals surface area contributed by atoms with Gasteiger partial charge in [-0.15, -0.1) is 0 Å². The van der Waals surface area contributed by atoms with E-state index in [1.165, 1.54) is 29.5 Å². The van der Waals surface area contributed by atoms with Gasteiger partial charge in [0.25, 0.3) is 0 Å². The molecule has 110 valence electrons. The highest BCUT2D eigenvalue weighted by molar-refractivity contribution is 5.74. The summed E-state index contributed by atoms with van der Waals surface area (Å²) < 4.78 is 0. The van der Waals surface area contributed by atoms with Gasteiger partial charge >= 0.3 is 6.03 Å². The van der Waals surface area contributed by atoms with Crippen molar-refractivity contribution in [2.24, 2.45) is 5.92 Å². The van der Waals surface area contributed by atoms with Crippen molar-refractivity contribution in [2.75, 3.05) is 0 Å². The summed E-state index contributed by atoms with van der Waals surface area (Å²) in [6.45, 7) is 8.47. The van der Waals surface area contributed by atoms with Crippen LogP contribution >= 0.6 is 0 Å². The van der Waals surface area contributed by atoms with Crippen molar-refractivity contribution in [3.8, 4) is 0 Å². The van der Waals surface area contributed by atoms with Gasteiger partial charge < -0.3 is 10.6 Å². The highest BCUT2D eigenvalue weighted by Crippen LogP contribution is 2.25. The van der Waals surface area contributed by atoms with E-state index in [4.69, 9.17) is 0 Å². The maximum atomic E-state index is 12.1. The molecule has 1 aliphatic carbocycles. The SMILES string of the molecule is Cc1cccc(C(C)NC(=O)NC2CCCC2C)c1C. The van der Waals surface area contributed by atoms with Crippen molar-refractivity contribution >= 4 is 6.03 Å². The normalized spacial score (nSPS) is 23.4. The van der Waals surface area contributed by atoms with E-state index >= 15 is 0 Å². The summed E-state index contributed by atoms with van der Waals surface area (Å²) in [4.78, 5) is 12.1. The van der Waals surface area contributed by atoms with Gasteiger partial charge in [0.1, 0.15) is 0 Å². The maximum Gasteiger partial charge on any atom is 0.315 e. The molecule has 1 aliphatic rings. The van der Waals surface area contributed by atoms with E-state index in [0.717, 1.165) is 6.42 Å². The fourth-order valence-corrected chi connectivity index (χ4v) is 3.09. The highest BCUT2D eigenvalue weighted by Gasteiger charge is 2.25. The molecule has 0 radical (unpaired) electrons. The molecule has 3 atom stereocenters. The lowest BCUT2D eigenvalue weighted by Gasteiger charge is -2.22. The molecular weight excluding hydrogens is 248 g/mol. The molecule has 3 unspecified atom stereocenters. The lowest BCUT2D eigenvalue weighted by Crippen LogP contribution is -2.44. The third kappa shape index (κ3) is 3.33. The van der Waals surface area contributed by atoms with E-state index in [0.29, 0.717) is 12.0 Å². The molecule has 20 heavy (non-hydrogen) atoms. The predicted octanol–water partition coefficient (Wildman–Crippen LogP) is 3.85. The molecule has 2 amide bonds. The Morgan fingerprint density at radius 3 is 2.70 bits per heavy atom. The average molecular weight is 274 g/mol. The van der Waals surface area contributed by atoms with Crippen LogP contribution in [0.3, 0.4) is 0 Å². The molecule has 3 heteroatoms. The largest absolute Gasteiger partial charge is 0.335 e. The third-order valence-corrected chi connectivity index (χ3v) is 4.64. The van der Waals surface area contributed by atoms with Gasteiger partial charge in [-0.3, -0.25) is 0 Å². The van der Waals surface area contributed by atoms with Gasteiger partial charge in [0, 0.05) is 6.04 Å². The highest BCUT2D eigenvalue weighted by atomic mass is 16.2. The first kappa shape index (κ1) is 14.9. The number of hydrogen-bond donors (Lipinski definition) is 2. The van der Waals surface area contributed by atoms with Crippen LogP contribution in [0.2, 0.25) is 0 Å². The van der Waals surface area contributed by atoms with Crippen LogP contribution in [-0.2, 0) is 0 Å². The lowest BCUT2D eigenvalue weighted by molar-refractivity contribution is 0.231. The molecule has 0 heterocycles. The summed E-state index contributed by atoms with van der Waals surface area (Å²) in [5, 5.41) is 6.17. The monoisotopic (exact) mass is 274 g/mol. The van der Waals surface area contributed by atoms with E-state index in [1.54, 1.807) is 0 Å². The fourth-order valence-electron chi connectivity index (χ4n) is 3.09. The Kier molecular flexibility index (Phi) is 4.69. The van der Waals surface area contributed by atoms with Gasteiger partial charge in [-0.25, -0.2) is 4.79 Å². The third-order valence-electron chi connectivity index (χ3n) is 4.64. The Labute approximate surface area is 122 Å². The molecular formula is C17H26N2O. The summed E-state index contributed by atoms with van der Waals surface area (Å²) >= 11 is 0.